The molecule has 2 aromatic rings. The number of nitrogens with one attached hydrogen (secondary N) is 1. The predicted molar refractivity (Wildman–Crippen MR) is 81.0 cm³/mol. The molecule has 0 saturated heterocycles. The van der Waals surface area contributed by atoms with Crippen LogP contribution in [0.3, 0.4) is 0 Å². The van der Waals surface area contributed by atoms with Gasteiger partial charge in [-0.1, -0.05) is 23.2 Å². The highest BCUT2D eigenvalue weighted by Gasteiger charge is 2.28. The fraction of sp³-hybridized carbons (Fsp3) is 0.333. The van der Waals surface area contributed by atoms with Crippen molar-refractivity contribution < 1.29 is 8.42 Å². The highest BCUT2D eigenvalue weighted by atomic mass is 35.5. The number of H-pyrrole nitrogens is 1. The number of halogens is 2. The van der Waals surface area contributed by atoms with Crippen molar-refractivity contribution in [1.82, 2.24) is 19.5 Å². The fourth-order valence-corrected chi connectivity index (χ4v) is 4.17. The summed E-state index contributed by atoms with van der Waals surface area (Å²) in [5.41, 5.74) is 1.04. The molecule has 2 rings (SSSR count). The van der Waals surface area contributed by atoms with E-state index < -0.39 is 10.0 Å². The molecule has 0 fully saturated rings. The van der Waals surface area contributed by atoms with Crippen molar-refractivity contribution in [2.45, 2.75) is 25.3 Å². The lowest BCUT2D eigenvalue weighted by molar-refractivity contribution is 0.457. The molecule has 0 aliphatic carbocycles. The molecular weight excluding hydrogens is 335 g/mol. The summed E-state index contributed by atoms with van der Waals surface area (Å²) < 4.78 is 26.6. The Labute approximate surface area is 133 Å². The summed E-state index contributed by atoms with van der Waals surface area (Å²) in [7, 11) is -2.34. The minimum atomic E-state index is -3.79. The normalized spacial score (nSPS) is 12.1. The number of aryl methyl sites for hydroxylation is 1. The van der Waals surface area contributed by atoms with Gasteiger partial charge in [0.25, 0.3) is 0 Å². The first kappa shape index (κ1) is 16.2. The van der Waals surface area contributed by atoms with Crippen LogP contribution in [0.1, 0.15) is 17.0 Å². The summed E-state index contributed by atoms with van der Waals surface area (Å²) in [6.07, 6.45) is 1.32. The van der Waals surface area contributed by atoms with Gasteiger partial charge < -0.3 is 0 Å². The van der Waals surface area contributed by atoms with E-state index in [0.717, 1.165) is 4.31 Å². The number of hydrogen-bond acceptors (Lipinski definition) is 4. The Hall–Kier alpha value is -1.15. The Morgan fingerprint density at radius 3 is 2.57 bits per heavy atom. The summed E-state index contributed by atoms with van der Waals surface area (Å²) in [6, 6.07) is 1.65. The van der Waals surface area contributed by atoms with Crippen LogP contribution in [0.15, 0.2) is 17.3 Å². The van der Waals surface area contributed by atoms with Gasteiger partial charge in [0.2, 0.25) is 10.0 Å². The molecule has 21 heavy (non-hydrogen) atoms. The van der Waals surface area contributed by atoms with Gasteiger partial charge in [-0.05, 0) is 31.0 Å². The van der Waals surface area contributed by atoms with Gasteiger partial charge in [0, 0.05) is 12.1 Å². The summed E-state index contributed by atoms with van der Waals surface area (Å²) in [4.78, 5) is 3.94. The lowest BCUT2D eigenvalue weighted by Gasteiger charge is -2.20. The first-order valence-corrected chi connectivity index (χ1v) is 8.20. The van der Waals surface area contributed by atoms with Crippen LogP contribution < -0.4 is 0 Å². The Balaban J connectivity index is 2.49. The molecule has 1 heterocycles. The average molecular weight is 349 g/mol. The van der Waals surface area contributed by atoms with Crippen LogP contribution >= 0.6 is 23.2 Å². The molecule has 1 N–H and O–H groups in total. The van der Waals surface area contributed by atoms with Gasteiger partial charge in [-0.3, -0.25) is 5.10 Å². The van der Waals surface area contributed by atoms with Crippen molar-refractivity contribution in [1.29, 1.82) is 0 Å². The van der Waals surface area contributed by atoms with Gasteiger partial charge in [0.15, 0.2) is 0 Å². The van der Waals surface area contributed by atoms with Gasteiger partial charge in [-0.2, -0.15) is 9.40 Å². The van der Waals surface area contributed by atoms with Gasteiger partial charge in [-0.25, -0.2) is 13.4 Å². The highest BCUT2D eigenvalue weighted by Crippen LogP contribution is 2.34. The van der Waals surface area contributed by atoms with E-state index in [1.807, 2.05) is 0 Å². The van der Waals surface area contributed by atoms with Crippen LogP contribution in [0.5, 0.6) is 0 Å². The van der Waals surface area contributed by atoms with E-state index in [2.05, 4.69) is 15.2 Å². The minimum Gasteiger partial charge on any atom is -0.262 e. The Morgan fingerprint density at radius 2 is 2.00 bits per heavy atom. The van der Waals surface area contributed by atoms with Crippen molar-refractivity contribution >= 4 is 33.2 Å². The van der Waals surface area contributed by atoms with Crippen molar-refractivity contribution in [3.63, 3.8) is 0 Å². The van der Waals surface area contributed by atoms with Crippen molar-refractivity contribution in [3.8, 4) is 0 Å². The Kier molecular flexibility index (Phi) is 4.57. The first-order valence-electron chi connectivity index (χ1n) is 6.01. The van der Waals surface area contributed by atoms with Crippen LogP contribution in [0.25, 0.3) is 0 Å². The molecule has 1 aromatic carbocycles. The van der Waals surface area contributed by atoms with Crippen LogP contribution in [-0.2, 0) is 16.6 Å². The van der Waals surface area contributed by atoms with Crippen molar-refractivity contribution in [2.24, 2.45) is 0 Å². The molecule has 114 valence electrons. The standard InChI is InChI=1S/C12H14Cl2N4O2S/c1-7-4-9(13)8(2)12(11(7)14)21(19,20)18(3)5-10-15-6-16-17-10/h4,6H,5H2,1-3H3,(H,15,16,17). The zero-order chi connectivity index (χ0) is 15.8. The van der Waals surface area contributed by atoms with E-state index in [4.69, 9.17) is 23.2 Å². The second-order valence-electron chi connectivity index (χ2n) is 4.64. The molecular formula is C12H14Cl2N4O2S. The number of hydrogen-bond donors (Lipinski definition) is 1. The molecule has 6 nitrogen and oxygen atoms in total. The smallest absolute Gasteiger partial charge is 0.245 e. The van der Waals surface area contributed by atoms with Crippen LogP contribution in [0.2, 0.25) is 10.0 Å². The van der Waals surface area contributed by atoms with Crippen LogP contribution in [0.4, 0.5) is 0 Å². The SMILES string of the molecule is Cc1cc(Cl)c(C)c(S(=O)(=O)N(C)Cc2ncn[nH]2)c1Cl. The summed E-state index contributed by atoms with van der Waals surface area (Å²) >= 11 is 12.3. The highest BCUT2D eigenvalue weighted by molar-refractivity contribution is 7.89. The topological polar surface area (TPSA) is 79.0 Å². The van der Waals surface area contributed by atoms with Crippen molar-refractivity contribution in [3.05, 3.63) is 39.4 Å². The molecule has 0 saturated carbocycles. The molecule has 0 atom stereocenters. The van der Waals surface area contributed by atoms with Crippen LogP contribution in [0, 0.1) is 13.8 Å². The maximum Gasteiger partial charge on any atom is 0.245 e. The second-order valence-corrected chi connectivity index (χ2v) is 7.40. The van der Waals surface area contributed by atoms with E-state index >= 15 is 0 Å². The molecule has 9 heteroatoms. The molecule has 0 spiro atoms. The average Bonchev–Trinajstić information content (AvgIpc) is 2.89. The van der Waals surface area contributed by atoms with E-state index in [9.17, 15) is 8.42 Å². The third-order valence-corrected chi connectivity index (χ3v) is 6.06. The predicted octanol–water partition coefficient (Wildman–Crippen LogP) is 2.55. The van der Waals surface area contributed by atoms with E-state index in [1.54, 1.807) is 19.9 Å². The number of aromatic nitrogens is 3. The molecule has 1 aromatic heterocycles. The largest absolute Gasteiger partial charge is 0.262 e. The van der Waals surface area contributed by atoms with E-state index in [-0.39, 0.29) is 16.5 Å². The number of nitrogens with zero attached hydrogens (tertiary/aromatic N) is 3. The van der Waals surface area contributed by atoms with E-state index in [0.29, 0.717) is 22.0 Å². The van der Waals surface area contributed by atoms with Crippen LogP contribution in [-0.4, -0.2) is 35.0 Å². The van der Waals surface area contributed by atoms with Gasteiger partial charge in [0.05, 0.1) is 11.6 Å². The first-order chi connectivity index (χ1) is 9.75. The lowest BCUT2D eigenvalue weighted by atomic mass is 10.2. The number of benzene rings is 1. The summed E-state index contributed by atoms with van der Waals surface area (Å²) in [6.45, 7) is 3.40. The fourth-order valence-electron chi connectivity index (χ4n) is 1.88. The second kappa shape index (κ2) is 5.92. The minimum absolute atomic E-state index is 0.0242. The quantitative estimate of drug-likeness (QED) is 0.920. The molecule has 0 aliphatic heterocycles. The van der Waals surface area contributed by atoms with Crippen molar-refractivity contribution in [2.75, 3.05) is 7.05 Å². The number of rotatable bonds is 4. The maximum atomic E-state index is 12.7. The Bertz CT molecular complexity index is 734. The molecule has 0 amide bonds. The van der Waals surface area contributed by atoms with Gasteiger partial charge in [0.1, 0.15) is 17.0 Å². The monoisotopic (exact) mass is 348 g/mol. The lowest BCUT2D eigenvalue weighted by Crippen LogP contribution is -2.28. The zero-order valence-corrected chi connectivity index (χ0v) is 14.0. The van der Waals surface area contributed by atoms with Gasteiger partial charge >= 0.3 is 0 Å². The molecule has 0 unspecified atom stereocenters. The number of aromatic amines is 1. The van der Waals surface area contributed by atoms with Gasteiger partial charge in [-0.15, -0.1) is 0 Å². The summed E-state index contributed by atoms with van der Waals surface area (Å²) in [5.74, 6) is 0.439. The molecule has 0 aliphatic rings. The third-order valence-electron chi connectivity index (χ3n) is 3.09. The molecule has 0 radical (unpaired) electrons. The third kappa shape index (κ3) is 3.06. The maximum absolute atomic E-state index is 12.7. The summed E-state index contributed by atoms with van der Waals surface area (Å²) in [5, 5.41) is 6.85. The molecule has 0 bridgehead atoms. The zero-order valence-electron chi connectivity index (χ0n) is 11.7. The number of sulfonamides is 1. The Morgan fingerprint density at radius 1 is 1.33 bits per heavy atom. The van der Waals surface area contributed by atoms with E-state index in [1.165, 1.54) is 13.4 Å².